The number of alkyl halides is 1. The molecule has 2 aliphatic rings. The number of fused-ring (bicyclic) bond motifs is 2. The number of carbonyl (C=O) groups excluding carboxylic acids is 1. The first-order chi connectivity index (χ1) is 5.66. The van der Waals surface area contributed by atoms with Gasteiger partial charge in [0.1, 0.15) is 5.78 Å². The molecule has 0 unspecified atom stereocenters. The molecule has 0 saturated heterocycles. The maximum atomic E-state index is 11.7. The summed E-state index contributed by atoms with van der Waals surface area (Å²) < 4.78 is 0. The maximum Gasteiger partial charge on any atom is 0.140 e. The van der Waals surface area contributed by atoms with Crippen molar-refractivity contribution in [1.29, 1.82) is 0 Å². The van der Waals surface area contributed by atoms with Crippen molar-refractivity contribution >= 4 is 17.4 Å². The van der Waals surface area contributed by atoms with E-state index in [0.717, 1.165) is 6.42 Å². The van der Waals surface area contributed by atoms with Gasteiger partial charge in [-0.05, 0) is 31.1 Å². The van der Waals surface area contributed by atoms with E-state index in [0.29, 0.717) is 23.5 Å². The lowest BCUT2D eigenvalue weighted by molar-refractivity contribution is -0.132. The van der Waals surface area contributed by atoms with Gasteiger partial charge in [-0.25, -0.2) is 0 Å². The van der Waals surface area contributed by atoms with Gasteiger partial charge in [-0.3, -0.25) is 4.79 Å². The van der Waals surface area contributed by atoms with Gasteiger partial charge >= 0.3 is 0 Å². The lowest BCUT2D eigenvalue weighted by Crippen LogP contribution is -2.40. The molecule has 0 aliphatic heterocycles. The molecule has 68 valence electrons. The summed E-state index contributed by atoms with van der Waals surface area (Å²) in [6, 6.07) is 0. The minimum absolute atomic E-state index is 0.186. The molecule has 0 heterocycles. The van der Waals surface area contributed by atoms with E-state index in [2.05, 4.69) is 6.92 Å². The molecule has 2 rings (SSSR count). The summed E-state index contributed by atoms with van der Waals surface area (Å²) in [6.45, 7) is 2.05. The van der Waals surface area contributed by atoms with Gasteiger partial charge in [0, 0.05) is 17.7 Å². The highest BCUT2D eigenvalue weighted by Crippen LogP contribution is 2.50. The summed E-state index contributed by atoms with van der Waals surface area (Å²) in [5.74, 6) is 2.21. The van der Waals surface area contributed by atoms with Crippen molar-refractivity contribution in [3.8, 4) is 0 Å². The van der Waals surface area contributed by atoms with Crippen LogP contribution < -0.4 is 0 Å². The van der Waals surface area contributed by atoms with E-state index < -0.39 is 0 Å². The molecule has 2 fully saturated rings. The molecule has 2 aliphatic carbocycles. The van der Waals surface area contributed by atoms with Crippen LogP contribution in [0.4, 0.5) is 0 Å². The van der Waals surface area contributed by atoms with E-state index in [1.165, 1.54) is 19.3 Å². The molecule has 2 bridgehead atoms. The first-order valence-electron chi connectivity index (χ1n) is 4.76. The number of hydrogen-bond acceptors (Lipinski definition) is 1. The molecule has 1 nitrogen and oxygen atoms in total. The highest BCUT2D eigenvalue weighted by atomic mass is 35.5. The molecule has 3 atom stereocenters. The number of halogens is 1. The van der Waals surface area contributed by atoms with E-state index in [9.17, 15) is 4.79 Å². The zero-order valence-electron chi connectivity index (χ0n) is 7.48. The van der Waals surface area contributed by atoms with Gasteiger partial charge in [0.2, 0.25) is 0 Å². The van der Waals surface area contributed by atoms with E-state index in [-0.39, 0.29) is 5.41 Å². The van der Waals surface area contributed by atoms with Crippen molar-refractivity contribution in [3.05, 3.63) is 0 Å². The largest absolute Gasteiger partial charge is 0.299 e. The Labute approximate surface area is 78.5 Å². The summed E-state index contributed by atoms with van der Waals surface area (Å²) in [6.07, 6.45) is 4.51. The highest BCUT2D eigenvalue weighted by Gasteiger charge is 2.48. The molecule has 0 amide bonds. The summed E-state index contributed by atoms with van der Waals surface area (Å²) in [7, 11) is 0. The second-order valence-corrected chi connectivity index (χ2v) is 4.82. The second kappa shape index (κ2) is 2.73. The molecule has 0 N–H and O–H groups in total. The lowest BCUT2D eigenvalue weighted by atomic mass is 9.68. The first kappa shape index (κ1) is 8.55. The fourth-order valence-electron chi connectivity index (χ4n) is 2.75. The standard InChI is InChI=1S/C10H15ClO/c1-10(6-11)8-3-2-7(4-8)5-9(10)12/h7-8H,2-6H2,1H3/t7-,8+,10+/m1/s1. The summed E-state index contributed by atoms with van der Waals surface area (Å²) >= 11 is 5.89. The smallest absolute Gasteiger partial charge is 0.140 e. The number of rotatable bonds is 1. The van der Waals surface area contributed by atoms with Crippen molar-refractivity contribution in [2.75, 3.05) is 5.88 Å². The fourth-order valence-corrected chi connectivity index (χ4v) is 3.11. The van der Waals surface area contributed by atoms with Crippen molar-refractivity contribution in [2.45, 2.75) is 32.6 Å². The maximum absolute atomic E-state index is 11.7. The Hall–Kier alpha value is -0.0400. The van der Waals surface area contributed by atoms with Crippen molar-refractivity contribution in [3.63, 3.8) is 0 Å². The monoisotopic (exact) mass is 186 g/mol. The predicted octanol–water partition coefficient (Wildman–Crippen LogP) is 2.62. The predicted molar refractivity (Wildman–Crippen MR) is 49.3 cm³/mol. The molecule has 12 heavy (non-hydrogen) atoms. The Bertz CT molecular complexity index is 214. The van der Waals surface area contributed by atoms with E-state index >= 15 is 0 Å². The zero-order valence-corrected chi connectivity index (χ0v) is 8.23. The molecule has 0 radical (unpaired) electrons. The van der Waals surface area contributed by atoms with E-state index in [1.807, 2.05) is 0 Å². The minimum Gasteiger partial charge on any atom is -0.299 e. The quantitative estimate of drug-likeness (QED) is 0.576. The molecule has 0 aromatic rings. The van der Waals surface area contributed by atoms with Crippen LogP contribution in [0, 0.1) is 17.3 Å². The molecule has 0 spiro atoms. The van der Waals surface area contributed by atoms with E-state index in [1.54, 1.807) is 0 Å². The van der Waals surface area contributed by atoms with Gasteiger partial charge in [0.25, 0.3) is 0 Å². The molecule has 0 aromatic carbocycles. The Morgan fingerprint density at radius 3 is 3.00 bits per heavy atom. The fraction of sp³-hybridized carbons (Fsp3) is 0.900. The lowest BCUT2D eigenvalue weighted by Gasteiger charge is -2.36. The van der Waals surface area contributed by atoms with Crippen molar-refractivity contribution in [1.82, 2.24) is 0 Å². The molecule has 2 saturated carbocycles. The Kier molecular flexibility index (Phi) is 1.95. The Balaban J connectivity index is 2.26. The summed E-state index contributed by atoms with van der Waals surface area (Å²) in [4.78, 5) is 11.7. The van der Waals surface area contributed by atoms with Gasteiger partial charge in [-0.2, -0.15) is 0 Å². The third-order valence-corrected chi connectivity index (χ3v) is 4.39. The van der Waals surface area contributed by atoms with Gasteiger partial charge in [0.15, 0.2) is 0 Å². The van der Waals surface area contributed by atoms with Crippen LogP contribution >= 0.6 is 11.6 Å². The van der Waals surface area contributed by atoms with Crippen molar-refractivity contribution in [2.24, 2.45) is 17.3 Å². The van der Waals surface area contributed by atoms with Crippen molar-refractivity contribution < 1.29 is 4.79 Å². The van der Waals surface area contributed by atoms with Gasteiger partial charge in [-0.15, -0.1) is 11.6 Å². The number of ketones is 1. The van der Waals surface area contributed by atoms with Crippen LogP contribution in [0.2, 0.25) is 0 Å². The minimum atomic E-state index is -0.186. The molecule has 0 aromatic heterocycles. The third kappa shape index (κ3) is 1.02. The highest BCUT2D eigenvalue weighted by molar-refractivity contribution is 6.20. The van der Waals surface area contributed by atoms with Crippen LogP contribution in [-0.4, -0.2) is 11.7 Å². The average Bonchev–Trinajstić information content (AvgIpc) is 2.47. The topological polar surface area (TPSA) is 17.1 Å². The van der Waals surface area contributed by atoms with Crippen LogP contribution in [0.1, 0.15) is 32.6 Å². The second-order valence-electron chi connectivity index (χ2n) is 4.55. The van der Waals surface area contributed by atoms with Crippen LogP contribution in [0.25, 0.3) is 0 Å². The van der Waals surface area contributed by atoms with Crippen LogP contribution in [0.15, 0.2) is 0 Å². The Morgan fingerprint density at radius 2 is 2.33 bits per heavy atom. The molecular weight excluding hydrogens is 172 g/mol. The Morgan fingerprint density at radius 1 is 1.58 bits per heavy atom. The van der Waals surface area contributed by atoms with Gasteiger partial charge in [0.05, 0.1) is 0 Å². The molecular formula is C10H15ClO. The first-order valence-corrected chi connectivity index (χ1v) is 5.29. The van der Waals surface area contributed by atoms with Crippen LogP contribution in [0.5, 0.6) is 0 Å². The summed E-state index contributed by atoms with van der Waals surface area (Å²) in [5, 5.41) is 0. The number of carbonyl (C=O) groups is 1. The average molecular weight is 187 g/mol. The SMILES string of the molecule is C[C@@]1(CCl)C(=O)C[C@@H]2CC[C@H]1C2. The van der Waals surface area contributed by atoms with Crippen LogP contribution in [-0.2, 0) is 4.79 Å². The zero-order chi connectivity index (χ0) is 8.77. The summed E-state index contributed by atoms with van der Waals surface area (Å²) in [5.41, 5.74) is -0.186. The third-order valence-electron chi connectivity index (χ3n) is 3.83. The van der Waals surface area contributed by atoms with E-state index in [4.69, 9.17) is 11.6 Å². The van der Waals surface area contributed by atoms with Gasteiger partial charge < -0.3 is 0 Å². The molecule has 2 heteroatoms. The van der Waals surface area contributed by atoms with Crippen LogP contribution in [0.3, 0.4) is 0 Å². The number of Topliss-reactive ketones (excluding diaryl/α,β-unsaturated/α-hetero) is 1. The normalized spacial score (nSPS) is 46.7. The number of hydrogen-bond donors (Lipinski definition) is 0. The van der Waals surface area contributed by atoms with Gasteiger partial charge in [-0.1, -0.05) is 6.92 Å².